The van der Waals surface area contributed by atoms with E-state index in [1.165, 1.54) is 5.69 Å². The van der Waals surface area contributed by atoms with Crippen LogP contribution in [0.4, 0.5) is 22.7 Å². The second-order valence-electron chi connectivity index (χ2n) is 10.7. The van der Waals surface area contributed by atoms with Gasteiger partial charge in [0.2, 0.25) is 5.91 Å². The van der Waals surface area contributed by atoms with Crippen LogP contribution in [0, 0.1) is 0 Å². The Bertz CT molecular complexity index is 1600. The van der Waals surface area contributed by atoms with Crippen molar-refractivity contribution in [3.05, 3.63) is 101 Å². The summed E-state index contributed by atoms with van der Waals surface area (Å²) < 4.78 is 1.60. The van der Waals surface area contributed by atoms with E-state index in [9.17, 15) is 9.59 Å². The first kappa shape index (κ1) is 26.5. The van der Waals surface area contributed by atoms with Crippen LogP contribution < -0.4 is 15.5 Å². The minimum atomic E-state index is -0.452. The highest BCUT2D eigenvalue weighted by Crippen LogP contribution is 2.33. The van der Waals surface area contributed by atoms with Gasteiger partial charge in [-0.15, -0.1) is 0 Å². The Hall–Kier alpha value is -4.76. The smallest absolute Gasteiger partial charge is 0.258 e. The number of piperazine rings is 1. The number of hydrogen-bond donors (Lipinski definition) is 2. The van der Waals surface area contributed by atoms with Gasteiger partial charge in [0, 0.05) is 62.7 Å². The monoisotopic (exact) mass is 547 g/mol. The Labute approximate surface area is 239 Å². The summed E-state index contributed by atoms with van der Waals surface area (Å²) in [7, 11) is 3.93. The van der Waals surface area contributed by atoms with Crippen molar-refractivity contribution in [3.8, 4) is 0 Å². The number of nitrogens with one attached hydrogen (secondary N) is 2. The Morgan fingerprint density at radius 2 is 1.80 bits per heavy atom. The molecule has 1 atom stereocenters. The molecule has 2 aliphatic rings. The quantitative estimate of drug-likeness (QED) is 0.334. The van der Waals surface area contributed by atoms with Gasteiger partial charge in [-0.3, -0.25) is 19.3 Å². The minimum absolute atomic E-state index is 0.0740. The number of aryl methyl sites for hydroxylation is 1. The third-order valence-corrected chi connectivity index (χ3v) is 7.64. The van der Waals surface area contributed by atoms with Crippen LogP contribution in [-0.2, 0) is 18.3 Å². The summed E-state index contributed by atoms with van der Waals surface area (Å²) >= 11 is 0. The van der Waals surface area contributed by atoms with Gasteiger partial charge >= 0.3 is 0 Å². The number of aromatic nitrogens is 2. The van der Waals surface area contributed by atoms with E-state index in [1.807, 2.05) is 48.5 Å². The van der Waals surface area contributed by atoms with E-state index in [-0.39, 0.29) is 11.8 Å². The normalized spacial score (nSPS) is 17.1. The van der Waals surface area contributed by atoms with Gasteiger partial charge in [-0.2, -0.15) is 5.10 Å². The van der Waals surface area contributed by atoms with Gasteiger partial charge in [0.25, 0.3) is 5.91 Å². The van der Waals surface area contributed by atoms with Crippen LogP contribution in [0.5, 0.6) is 0 Å². The molecular formula is C32H33N7O2. The Morgan fingerprint density at radius 1 is 1.02 bits per heavy atom. The number of amides is 2. The van der Waals surface area contributed by atoms with Crippen molar-refractivity contribution in [3.63, 3.8) is 0 Å². The molecule has 1 aromatic heterocycles. The van der Waals surface area contributed by atoms with Crippen molar-refractivity contribution in [2.45, 2.75) is 12.3 Å². The number of rotatable bonds is 7. The lowest BCUT2D eigenvalue weighted by Gasteiger charge is -2.34. The highest BCUT2D eigenvalue weighted by atomic mass is 16.2. The lowest BCUT2D eigenvalue weighted by Crippen LogP contribution is -2.44. The summed E-state index contributed by atoms with van der Waals surface area (Å²) in [6.07, 6.45) is 5.63. The van der Waals surface area contributed by atoms with Gasteiger partial charge in [-0.1, -0.05) is 24.3 Å². The predicted molar refractivity (Wildman–Crippen MR) is 163 cm³/mol. The topological polar surface area (TPSA) is 94.9 Å². The maximum Gasteiger partial charge on any atom is 0.258 e. The first-order chi connectivity index (χ1) is 19.9. The zero-order chi connectivity index (χ0) is 28.3. The maximum absolute atomic E-state index is 12.8. The van der Waals surface area contributed by atoms with Gasteiger partial charge in [0.05, 0.1) is 17.4 Å². The van der Waals surface area contributed by atoms with E-state index in [1.54, 1.807) is 30.3 Å². The van der Waals surface area contributed by atoms with Gasteiger partial charge in [-0.25, -0.2) is 0 Å². The van der Waals surface area contributed by atoms with Crippen molar-refractivity contribution in [1.29, 1.82) is 0 Å². The number of carbonyl (C=O) groups is 2. The van der Waals surface area contributed by atoms with Gasteiger partial charge in [-0.05, 0) is 72.6 Å². The molecular weight excluding hydrogens is 514 g/mol. The zero-order valence-corrected chi connectivity index (χ0v) is 23.2. The van der Waals surface area contributed by atoms with Crippen LogP contribution in [-0.4, -0.2) is 65.9 Å². The van der Waals surface area contributed by atoms with Crippen LogP contribution in [0.15, 0.2) is 84.1 Å². The average Bonchev–Trinajstić information content (AvgIpc) is 3.55. The largest absolute Gasteiger partial charge is 0.369 e. The summed E-state index contributed by atoms with van der Waals surface area (Å²) in [4.78, 5) is 34.7. The molecule has 3 aromatic carbocycles. The summed E-state index contributed by atoms with van der Waals surface area (Å²) in [6, 6.07) is 22.1. The second kappa shape index (κ2) is 11.4. The summed E-state index contributed by atoms with van der Waals surface area (Å²) in [5, 5.41) is 9.98. The van der Waals surface area contributed by atoms with E-state index in [0.717, 1.165) is 59.9 Å². The van der Waals surface area contributed by atoms with Gasteiger partial charge in [0.15, 0.2) is 0 Å². The Morgan fingerprint density at radius 3 is 2.56 bits per heavy atom. The van der Waals surface area contributed by atoms with Crippen LogP contribution in [0.3, 0.4) is 0 Å². The molecule has 2 aliphatic heterocycles. The first-order valence-electron chi connectivity index (χ1n) is 13.8. The summed E-state index contributed by atoms with van der Waals surface area (Å²) in [6.45, 7) is 4.16. The molecule has 0 radical (unpaired) electrons. The number of fused-ring (bicyclic) bond motifs is 1. The van der Waals surface area contributed by atoms with Crippen LogP contribution in [0.25, 0.3) is 0 Å². The molecule has 1 fully saturated rings. The molecule has 208 valence electrons. The third-order valence-electron chi connectivity index (χ3n) is 7.64. The molecule has 0 spiro atoms. The predicted octanol–water partition coefficient (Wildman–Crippen LogP) is 4.45. The molecule has 4 aromatic rings. The SMILES string of the molecule is CN1CCN(c2ccc(N=CC3C(=O)Nc4ccc(Cc5cccc(NC(=O)c6cnn(C)c6)c5)cc43)cc2)CC1. The molecule has 1 unspecified atom stereocenters. The zero-order valence-electron chi connectivity index (χ0n) is 23.2. The van der Waals surface area contributed by atoms with E-state index in [4.69, 9.17) is 0 Å². The molecule has 3 heterocycles. The van der Waals surface area contributed by atoms with Crippen molar-refractivity contribution in [2.75, 3.05) is 48.8 Å². The van der Waals surface area contributed by atoms with E-state index >= 15 is 0 Å². The number of likely N-dealkylation sites (N-methyl/N-ethyl adjacent to an activating group) is 1. The molecule has 6 rings (SSSR count). The highest BCUT2D eigenvalue weighted by Gasteiger charge is 2.29. The van der Waals surface area contributed by atoms with E-state index in [2.05, 4.69) is 55.8 Å². The fourth-order valence-electron chi connectivity index (χ4n) is 5.30. The van der Waals surface area contributed by atoms with Crippen molar-refractivity contribution < 1.29 is 9.59 Å². The molecule has 2 N–H and O–H groups in total. The fourth-order valence-corrected chi connectivity index (χ4v) is 5.30. The Kier molecular flexibility index (Phi) is 7.35. The first-order valence-corrected chi connectivity index (χ1v) is 13.8. The summed E-state index contributed by atoms with van der Waals surface area (Å²) in [5.41, 5.74) is 7.12. The molecule has 0 bridgehead atoms. The van der Waals surface area contributed by atoms with Crippen LogP contribution >= 0.6 is 0 Å². The number of anilines is 3. The van der Waals surface area contributed by atoms with Crippen molar-refractivity contribution >= 4 is 40.8 Å². The second-order valence-corrected chi connectivity index (χ2v) is 10.7. The standard InChI is InChI=1S/C32H33N7O2/c1-37-12-14-39(15-13-37)27-9-7-25(8-10-27)33-20-29-28-18-23(6-11-30(28)36-32(29)41)16-22-4-3-5-26(17-22)35-31(40)24-19-34-38(2)21-24/h3-11,17-21,29H,12-16H2,1-2H3,(H,35,40)(H,36,41). The maximum atomic E-state index is 12.8. The fraction of sp³-hybridized carbons (Fsp3) is 0.250. The highest BCUT2D eigenvalue weighted by molar-refractivity contribution is 6.12. The summed E-state index contributed by atoms with van der Waals surface area (Å²) in [5.74, 6) is -0.726. The Balaban J connectivity index is 1.13. The van der Waals surface area contributed by atoms with E-state index in [0.29, 0.717) is 12.0 Å². The number of nitrogens with zero attached hydrogens (tertiary/aromatic N) is 5. The van der Waals surface area contributed by atoms with E-state index < -0.39 is 5.92 Å². The molecule has 41 heavy (non-hydrogen) atoms. The minimum Gasteiger partial charge on any atom is -0.369 e. The number of carbonyl (C=O) groups excluding carboxylic acids is 2. The average molecular weight is 548 g/mol. The van der Waals surface area contributed by atoms with Gasteiger partial charge in [0.1, 0.15) is 5.92 Å². The molecule has 0 aliphatic carbocycles. The third kappa shape index (κ3) is 6.05. The molecule has 2 amide bonds. The molecule has 1 saturated heterocycles. The van der Waals surface area contributed by atoms with Crippen LogP contribution in [0.1, 0.15) is 33.0 Å². The number of aliphatic imine (C=N–C) groups is 1. The van der Waals surface area contributed by atoms with Gasteiger partial charge < -0.3 is 20.4 Å². The molecule has 9 heteroatoms. The van der Waals surface area contributed by atoms with Crippen LogP contribution in [0.2, 0.25) is 0 Å². The van der Waals surface area contributed by atoms with Crippen molar-refractivity contribution in [2.24, 2.45) is 12.0 Å². The lowest BCUT2D eigenvalue weighted by molar-refractivity contribution is -0.115. The molecule has 0 saturated carbocycles. The molecule has 9 nitrogen and oxygen atoms in total. The van der Waals surface area contributed by atoms with Crippen molar-refractivity contribution in [1.82, 2.24) is 14.7 Å². The number of benzene rings is 3. The number of hydrogen-bond acceptors (Lipinski definition) is 6. The lowest BCUT2D eigenvalue weighted by atomic mass is 9.96.